The summed E-state index contributed by atoms with van der Waals surface area (Å²) >= 11 is 0. The lowest BCUT2D eigenvalue weighted by molar-refractivity contribution is -0.124. The first kappa shape index (κ1) is 13.0. The quantitative estimate of drug-likeness (QED) is 0.784. The predicted molar refractivity (Wildman–Crippen MR) is 75.5 cm³/mol. The third kappa shape index (κ3) is 1.62. The number of aryl methyl sites for hydroxylation is 1. The Bertz CT molecular complexity index is 816. The molecule has 1 aromatic carbocycles. The predicted octanol–water partition coefficient (Wildman–Crippen LogP) is 1.54. The number of urea groups is 1. The molecule has 2 aliphatic rings. The molecule has 1 aliphatic carbocycles. The number of aromatic nitrogens is 2. The van der Waals surface area contributed by atoms with E-state index in [0.717, 1.165) is 11.1 Å². The van der Waals surface area contributed by atoms with Crippen molar-refractivity contribution in [2.75, 3.05) is 0 Å². The average Bonchev–Trinajstić information content (AvgIpc) is 3.10. The third-order valence-electron chi connectivity index (χ3n) is 4.31. The lowest BCUT2D eigenvalue weighted by atomic mass is 9.91. The summed E-state index contributed by atoms with van der Waals surface area (Å²) in [6.45, 7) is 0. The summed E-state index contributed by atoms with van der Waals surface area (Å²) in [6, 6.07) is 4.67. The van der Waals surface area contributed by atoms with Crippen LogP contribution in [-0.2, 0) is 17.4 Å². The molecule has 3 amide bonds. The first-order chi connectivity index (χ1) is 10.5. The molecule has 0 unspecified atom stereocenters. The second-order valence-corrected chi connectivity index (χ2v) is 5.69. The molecular formula is C15H13FN4O2. The van der Waals surface area contributed by atoms with Gasteiger partial charge in [-0.05, 0) is 22.8 Å². The van der Waals surface area contributed by atoms with Crippen LogP contribution in [0.15, 0.2) is 30.6 Å². The normalized spacial score (nSPS) is 26.2. The van der Waals surface area contributed by atoms with Crippen molar-refractivity contribution in [3.63, 3.8) is 0 Å². The number of carbonyl (C=O) groups is 2. The van der Waals surface area contributed by atoms with Gasteiger partial charge in [-0.25, -0.2) is 9.18 Å². The van der Waals surface area contributed by atoms with Crippen LogP contribution in [0.25, 0.3) is 11.1 Å². The van der Waals surface area contributed by atoms with Gasteiger partial charge in [0.1, 0.15) is 11.7 Å². The molecule has 2 N–H and O–H groups in total. The SMILES string of the molecule is Cn1cc(-c2ccc3c(c2)[C@H](F)C[C@]32NC(=O)NC2=O)cn1. The van der Waals surface area contributed by atoms with E-state index in [1.54, 1.807) is 23.0 Å². The van der Waals surface area contributed by atoms with Crippen LogP contribution in [0.3, 0.4) is 0 Å². The Hall–Kier alpha value is -2.70. The van der Waals surface area contributed by atoms with E-state index < -0.39 is 23.6 Å². The number of benzene rings is 1. The van der Waals surface area contributed by atoms with Gasteiger partial charge in [0, 0.05) is 25.2 Å². The van der Waals surface area contributed by atoms with E-state index in [-0.39, 0.29) is 6.42 Å². The van der Waals surface area contributed by atoms with E-state index >= 15 is 0 Å². The van der Waals surface area contributed by atoms with Crippen molar-refractivity contribution in [1.29, 1.82) is 0 Å². The number of alkyl halides is 1. The zero-order valence-electron chi connectivity index (χ0n) is 11.8. The topological polar surface area (TPSA) is 76.0 Å². The largest absolute Gasteiger partial charge is 0.322 e. The number of imide groups is 1. The van der Waals surface area contributed by atoms with Gasteiger partial charge in [0.2, 0.25) is 0 Å². The Kier molecular flexibility index (Phi) is 2.46. The number of halogens is 1. The van der Waals surface area contributed by atoms with Crippen molar-refractivity contribution in [1.82, 2.24) is 20.4 Å². The van der Waals surface area contributed by atoms with Crippen molar-refractivity contribution in [2.24, 2.45) is 7.05 Å². The zero-order valence-corrected chi connectivity index (χ0v) is 11.8. The highest BCUT2D eigenvalue weighted by Crippen LogP contribution is 2.47. The van der Waals surface area contributed by atoms with E-state index in [1.807, 2.05) is 19.3 Å². The van der Waals surface area contributed by atoms with Crippen LogP contribution < -0.4 is 10.6 Å². The van der Waals surface area contributed by atoms with Gasteiger partial charge in [0.25, 0.3) is 5.91 Å². The number of nitrogens with one attached hydrogen (secondary N) is 2. The molecule has 2 heterocycles. The number of carbonyl (C=O) groups excluding carboxylic acids is 2. The molecule has 0 bridgehead atoms. The summed E-state index contributed by atoms with van der Waals surface area (Å²) in [6.07, 6.45) is 2.17. The van der Waals surface area contributed by atoms with Crippen LogP contribution in [0.5, 0.6) is 0 Å². The van der Waals surface area contributed by atoms with Crippen LogP contribution in [0, 0.1) is 0 Å². The summed E-state index contributed by atoms with van der Waals surface area (Å²) in [7, 11) is 1.81. The molecule has 1 aromatic heterocycles. The van der Waals surface area contributed by atoms with E-state index in [4.69, 9.17) is 0 Å². The number of nitrogens with zero attached hydrogens (tertiary/aromatic N) is 2. The minimum Gasteiger partial charge on any atom is -0.319 e. The second-order valence-electron chi connectivity index (χ2n) is 5.69. The number of amides is 3. The summed E-state index contributed by atoms with van der Waals surface area (Å²) < 4.78 is 16.1. The third-order valence-corrected chi connectivity index (χ3v) is 4.31. The number of rotatable bonds is 1. The zero-order chi connectivity index (χ0) is 15.5. The molecule has 1 saturated heterocycles. The molecule has 7 heteroatoms. The maximum Gasteiger partial charge on any atom is 0.322 e. The summed E-state index contributed by atoms with van der Waals surface area (Å²) in [5.74, 6) is -0.493. The smallest absolute Gasteiger partial charge is 0.319 e. The molecule has 2 aromatic rings. The fraction of sp³-hybridized carbons (Fsp3) is 0.267. The average molecular weight is 300 g/mol. The van der Waals surface area contributed by atoms with Crippen molar-refractivity contribution < 1.29 is 14.0 Å². The van der Waals surface area contributed by atoms with Crippen LogP contribution in [-0.4, -0.2) is 21.7 Å². The minimum absolute atomic E-state index is 0.0730. The fourth-order valence-corrected chi connectivity index (χ4v) is 3.27. The van der Waals surface area contributed by atoms with Crippen molar-refractivity contribution in [2.45, 2.75) is 18.1 Å². The van der Waals surface area contributed by atoms with Crippen LogP contribution in [0.4, 0.5) is 9.18 Å². The molecule has 6 nitrogen and oxygen atoms in total. The van der Waals surface area contributed by atoms with Crippen molar-refractivity contribution in [3.05, 3.63) is 41.7 Å². The maximum absolute atomic E-state index is 14.5. The summed E-state index contributed by atoms with van der Waals surface area (Å²) in [5, 5.41) is 8.86. The standard InChI is InChI=1S/C15H13FN4O2/c1-20-7-9(6-17-20)8-2-3-11-10(4-8)12(16)5-15(11)13(21)18-14(22)19-15/h2-4,6-7,12H,5H2,1H3,(H2,18,19,21,22)/t12-,15+/m1/s1. The Morgan fingerprint density at radius 3 is 2.82 bits per heavy atom. The monoisotopic (exact) mass is 300 g/mol. The van der Waals surface area contributed by atoms with Gasteiger partial charge in [-0.1, -0.05) is 12.1 Å². The summed E-state index contributed by atoms with van der Waals surface area (Å²) in [5.41, 5.74) is 1.39. The number of fused-ring (bicyclic) bond motifs is 2. The van der Waals surface area contributed by atoms with Gasteiger partial charge in [0.05, 0.1) is 6.20 Å². The first-order valence-corrected chi connectivity index (χ1v) is 6.91. The molecule has 4 rings (SSSR count). The maximum atomic E-state index is 14.5. The lowest BCUT2D eigenvalue weighted by Gasteiger charge is -2.20. The van der Waals surface area contributed by atoms with Crippen LogP contribution in [0.2, 0.25) is 0 Å². The van der Waals surface area contributed by atoms with Gasteiger partial charge >= 0.3 is 6.03 Å². The van der Waals surface area contributed by atoms with Crippen LogP contribution in [0.1, 0.15) is 23.7 Å². The Morgan fingerprint density at radius 1 is 1.36 bits per heavy atom. The van der Waals surface area contributed by atoms with Gasteiger partial charge in [-0.2, -0.15) is 5.10 Å². The molecular weight excluding hydrogens is 287 g/mol. The van der Waals surface area contributed by atoms with Gasteiger partial charge in [-0.3, -0.25) is 14.8 Å². The highest BCUT2D eigenvalue weighted by atomic mass is 19.1. The fourth-order valence-electron chi connectivity index (χ4n) is 3.27. The minimum atomic E-state index is -1.30. The van der Waals surface area contributed by atoms with Crippen molar-refractivity contribution >= 4 is 11.9 Å². The highest BCUT2D eigenvalue weighted by molar-refractivity contribution is 6.08. The van der Waals surface area contributed by atoms with E-state index in [2.05, 4.69) is 15.7 Å². The first-order valence-electron chi connectivity index (χ1n) is 6.91. The second kappa shape index (κ2) is 4.16. The molecule has 0 radical (unpaired) electrons. The Morgan fingerprint density at radius 2 is 2.18 bits per heavy atom. The van der Waals surface area contributed by atoms with E-state index in [0.29, 0.717) is 11.1 Å². The highest BCUT2D eigenvalue weighted by Gasteiger charge is 2.54. The van der Waals surface area contributed by atoms with E-state index in [9.17, 15) is 14.0 Å². The molecule has 2 atom stereocenters. The lowest BCUT2D eigenvalue weighted by Crippen LogP contribution is -2.41. The van der Waals surface area contributed by atoms with Crippen molar-refractivity contribution in [3.8, 4) is 11.1 Å². The molecule has 1 spiro atoms. The van der Waals surface area contributed by atoms with Crippen LogP contribution >= 0.6 is 0 Å². The number of hydrogen-bond donors (Lipinski definition) is 2. The molecule has 112 valence electrons. The van der Waals surface area contributed by atoms with E-state index in [1.165, 1.54) is 0 Å². The molecule has 1 fully saturated rings. The summed E-state index contributed by atoms with van der Waals surface area (Å²) in [4.78, 5) is 23.5. The molecule has 0 saturated carbocycles. The molecule has 22 heavy (non-hydrogen) atoms. The molecule has 1 aliphatic heterocycles. The Balaban J connectivity index is 1.83. The van der Waals surface area contributed by atoms with Gasteiger partial charge in [-0.15, -0.1) is 0 Å². The van der Waals surface area contributed by atoms with Gasteiger partial charge in [0.15, 0.2) is 0 Å². The Labute approximate surface area is 125 Å². The van der Waals surface area contributed by atoms with Gasteiger partial charge < -0.3 is 5.32 Å². The number of hydrogen-bond acceptors (Lipinski definition) is 3.